The summed E-state index contributed by atoms with van der Waals surface area (Å²) in [5.74, 6) is -0.582. The Morgan fingerprint density at radius 1 is 1.24 bits per heavy atom. The molecule has 1 fully saturated rings. The van der Waals surface area contributed by atoms with E-state index in [1.165, 1.54) is 0 Å². The highest BCUT2D eigenvalue weighted by atomic mass is 35.5. The van der Waals surface area contributed by atoms with E-state index in [2.05, 4.69) is 31.4 Å². The largest absolute Gasteiger partial charge is 0.353 e. The number of nitrogens with one attached hydrogen (secondary N) is 2. The average molecular weight is 310 g/mol. The molecule has 114 valence electrons. The number of nitrogens with zero attached hydrogens (tertiary/aromatic N) is 1. The quantitative estimate of drug-likeness (QED) is 0.834. The van der Waals surface area contributed by atoms with Crippen LogP contribution in [0.5, 0.6) is 0 Å². The molecule has 2 amide bonds. The summed E-state index contributed by atoms with van der Waals surface area (Å²) in [6, 6.07) is 5.53. The molecule has 1 aromatic carbocycles. The topological polar surface area (TPSA) is 61.4 Å². The van der Waals surface area contributed by atoms with Crippen LogP contribution in [-0.4, -0.2) is 30.4 Å². The normalized spacial score (nSPS) is 16.1. The van der Waals surface area contributed by atoms with Gasteiger partial charge in [-0.1, -0.05) is 17.7 Å². The van der Waals surface area contributed by atoms with Crippen LogP contribution >= 0.6 is 11.6 Å². The minimum absolute atomic E-state index is 0.0501. The van der Waals surface area contributed by atoms with E-state index < -0.39 is 0 Å². The molecule has 0 unspecified atom stereocenters. The van der Waals surface area contributed by atoms with E-state index in [-0.39, 0.29) is 30.4 Å². The smallest absolute Gasteiger partial charge is 0.246 e. The number of rotatable bonds is 3. The maximum atomic E-state index is 11.5. The summed E-state index contributed by atoms with van der Waals surface area (Å²) in [6.07, 6.45) is 0. The van der Waals surface area contributed by atoms with E-state index in [1.54, 1.807) is 4.90 Å². The standard InChI is InChI=1S/C15H20ClN3O2/c1-15(2,3)17-7-10-11(16)5-4-6-12(10)19-8-13(20)18-14(21)9-19/h4-6,17H,7-9H2,1-3H3,(H,18,20,21). The van der Waals surface area contributed by atoms with E-state index in [0.717, 1.165) is 11.3 Å². The molecule has 1 aromatic rings. The van der Waals surface area contributed by atoms with Gasteiger partial charge in [-0.15, -0.1) is 0 Å². The predicted molar refractivity (Wildman–Crippen MR) is 83.4 cm³/mol. The van der Waals surface area contributed by atoms with Gasteiger partial charge in [-0.05, 0) is 32.9 Å². The zero-order chi connectivity index (χ0) is 15.6. The summed E-state index contributed by atoms with van der Waals surface area (Å²) < 4.78 is 0. The lowest BCUT2D eigenvalue weighted by Crippen LogP contribution is -2.51. The predicted octanol–water partition coefficient (Wildman–Crippen LogP) is 1.69. The van der Waals surface area contributed by atoms with E-state index in [1.807, 2.05) is 18.2 Å². The van der Waals surface area contributed by atoms with Crippen LogP contribution in [0.3, 0.4) is 0 Å². The Labute approximate surface area is 129 Å². The fraction of sp³-hybridized carbons (Fsp3) is 0.467. The van der Waals surface area contributed by atoms with Crippen molar-refractivity contribution in [3.05, 3.63) is 28.8 Å². The van der Waals surface area contributed by atoms with Gasteiger partial charge in [0.1, 0.15) is 0 Å². The van der Waals surface area contributed by atoms with Crippen LogP contribution in [0, 0.1) is 0 Å². The molecule has 0 radical (unpaired) electrons. The van der Waals surface area contributed by atoms with Gasteiger partial charge in [0.25, 0.3) is 0 Å². The van der Waals surface area contributed by atoms with Gasteiger partial charge >= 0.3 is 0 Å². The van der Waals surface area contributed by atoms with Crippen LogP contribution in [-0.2, 0) is 16.1 Å². The number of benzene rings is 1. The van der Waals surface area contributed by atoms with E-state index in [9.17, 15) is 9.59 Å². The summed E-state index contributed by atoms with van der Waals surface area (Å²) >= 11 is 6.30. The SMILES string of the molecule is CC(C)(C)NCc1c(Cl)cccc1N1CC(=O)NC(=O)C1. The number of anilines is 1. The first-order chi connectivity index (χ1) is 9.76. The van der Waals surface area contributed by atoms with Crippen LogP contribution in [0.4, 0.5) is 5.69 Å². The van der Waals surface area contributed by atoms with Gasteiger partial charge in [-0.25, -0.2) is 0 Å². The van der Waals surface area contributed by atoms with Gasteiger partial charge in [0, 0.05) is 28.4 Å². The van der Waals surface area contributed by atoms with Gasteiger partial charge in [0.2, 0.25) is 11.8 Å². The highest BCUT2D eigenvalue weighted by Crippen LogP contribution is 2.28. The maximum absolute atomic E-state index is 11.5. The molecule has 6 heteroatoms. The molecule has 0 saturated carbocycles. The molecule has 0 aliphatic carbocycles. The van der Waals surface area contributed by atoms with Crippen molar-refractivity contribution in [2.24, 2.45) is 0 Å². The van der Waals surface area contributed by atoms with Crippen LogP contribution in [0.2, 0.25) is 5.02 Å². The second-order valence-corrected chi connectivity index (χ2v) is 6.58. The van der Waals surface area contributed by atoms with E-state index in [4.69, 9.17) is 11.6 Å². The van der Waals surface area contributed by atoms with Crippen molar-refractivity contribution in [2.75, 3.05) is 18.0 Å². The van der Waals surface area contributed by atoms with Crippen molar-refractivity contribution in [1.82, 2.24) is 10.6 Å². The first kappa shape index (κ1) is 15.8. The molecule has 1 aliphatic rings. The number of hydrogen-bond acceptors (Lipinski definition) is 4. The van der Waals surface area contributed by atoms with Crippen molar-refractivity contribution in [2.45, 2.75) is 32.9 Å². The number of carbonyl (C=O) groups excluding carboxylic acids is 2. The third-order valence-corrected chi connectivity index (χ3v) is 3.53. The van der Waals surface area contributed by atoms with Crippen molar-refractivity contribution in [3.63, 3.8) is 0 Å². The van der Waals surface area contributed by atoms with E-state index >= 15 is 0 Å². The van der Waals surface area contributed by atoms with Gasteiger partial charge in [-0.2, -0.15) is 0 Å². The highest BCUT2D eigenvalue weighted by molar-refractivity contribution is 6.31. The molecular formula is C15H20ClN3O2. The molecule has 1 saturated heterocycles. The molecule has 0 aromatic heterocycles. The molecule has 5 nitrogen and oxygen atoms in total. The molecule has 0 atom stereocenters. The lowest BCUT2D eigenvalue weighted by Gasteiger charge is -2.30. The number of amides is 2. The Morgan fingerprint density at radius 2 is 1.86 bits per heavy atom. The second-order valence-electron chi connectivity index (χ2n) is 6.17. The summed E-state index contributed by atoms with van der Waals surface area (Å²) in [7, 11) is 0. The van der Waals surface area contributed by atoms with E-state index in [0.29, 0.717) is 11.6 Å². The Morgan fingerprint density at radius 3 is 2.43 bits per heavy atom. The molecule has 1 heterocycles. The molecule has 1 aliphatic heterocycles. The molecule has 0 spiro atoms. The fourth-order valence-corrected chi connectivity index (χ4v) is 2.42. The molecule has 21 heavy (non-hydrogen) atoms. The third-order valence-electron chi connectivity index (χ3n) is 3.18. The lowest BCUT2D eigenvalue weighted by atomic mass is 10.1. The zero-order valence-corrected chi connectivity index (χ0v) is 13.3. The van der Waals surface area contributed by atoms with Crippen molar-refractivity contribution in [3.8, 4) is 0 Å². The summed E-state index contributed by atoms with van der Waals surface area (Å²) in [5.41, 5.74) is 1.67. The van der Waals surface area contributed by atoms with Crippen LogP contribution in [0.1, 0.15) is 26.3 Å². The average Bonchev–Trinajstić information content (AvgIpc) is 2.34. The number of carbonyl (C=O) groups is 2. The monoisotopic (exact) mass is 309 g/mol. The molecule has 2 rings (SSSR count). The second kappa shape index (κ2) is 6.03. The van der Waals surface area contributed by atoms with Gasteiger partial charge < -0.3 is 10.2 Å². The van der Waals surface area contributed by atoms with Gasteiger partial charge in [0.05, 0.1) is 13.1 Å². The Kier molecular flexibility index (Phi) is 4.54. The first-order valence-electron chi connectivity index (χ1n) is 6.86. The van der Waals surface area contributed by atoms with Gasteiger partial charge in [-0.3, -0.25) is 14.9 Å². The summed E-state index contributed by atoms with van der Waals surface area (Å²) in [4.78, 5) is 24.9. The number of imide groups is 1. The number of piperazine rings is 1. The van der Waals surface area contributed by atoms with Crippen LogP contribution in [0.25, 0.3) is 0 Å². The summed E-state index contributed by atoms with van der Waals surface area (Å²) in [5, 5.41) is 6.31. The van der Waals surface area contributed by atoms with Crippen molar-refractivity contribution < 1.29 is 9.59 Å². The van der Waals surface area contributed by atoms with Crippen molar-refractivity contribution >= 4 is 29.1 Å². The van der Waals surface area contributed by atoms with Crippen molar-refractivity contribution in [1.29, 1.82) is 0 Å². The maximum Gasteiger partial charge on any atom is 0.246 e. The zero-order valence-electron chi connectivity index (χ0n) is 12.5. The number of halogens is 1. The third kappa shape index (κ3) is 4.19. The number of hydrogen-bond donors (Lipinski definition) is 2. The Balaban J connectivity index is 2.28. The van der Waals surface area contributed by atoms with Crippen LogP contribution in [0.15, 0.2) is 18.2 Å². The highest BCUT2D eigenvalue weighted by Gasteiger charge is 2.25. The fourth-order valence-electron chi connectivity index (χ4n) is 2.18. The first-order valence-corrected chi connectivity index (χ1v) is 7.24. The lowest BCUT2D eigenvalue weighted by molar-refractivity contribution is -0.130. The minimum Gasteiger partial charge on any atom is -0.353 e. The summed E-state index contributed by atoms with van der Waals surface area (Å²) in [6.45, 7) is 7.11. The molecule has 0 bridgehead atoms. The Bertz CT molecular complexity index is 551. The van der Waals surface area contributed by atoms with Crippen LogP contribution < -0.4 is 15.5 Å². The molecule has 2 N–H and O–H groups in total. The molecular weight excluding hydrogens is 290 g/mol. The minimum atomic E-state index is -0.291. The van der Waals surface area contributed by atoms with Gasteiger partial charge in [0.15, 0.2) is 0 Å². The Hall–Kier alpha value is -1.59.